The molecule has 3 nitrogen and oxygen atoms in total. The summed E-state index contributed by atoms with van der Waals surface area (Å²) >= 11 is 0. The Morgan fingerprint density at radius 3 is 2.70 bits per heavy atom. The van der Waals surface area contributed by atoms with Gasteiger partial charge >= 0.3 is 0 Å². The van der Waals surface area contributed by atoms with Crippen molar-refractivity contribution in [3.05, 3.63) is 0 Å². The Labute approximate surface area is 129 Å². The molecule has 0 spiro atoms. The van der Waals surface area contributed by atoms with E-state index in [1.54, 1.807) is 0 Å². The van der Waals surface area contributed by atoms with Crippen LogP contribution >= 0.6 is 12.4 Å². The minimum Gasteiger partial charge on any atom is -0.356 e. The lowest BCUT2D eigenvalue weighted by Crippen LogP contribution is -2.54. The van der Waals surface area contributed by atoms with Crippen molar-refractivity contribution in [2.45, 2.75) is 46.0 Å². The minimum absolute atomic E-state index is 0. The number of rotatable bonds is 4. The highest BCUT2D eigenvalue weighted by Gasteiger charge is 2.53. The predicted octanol–water partition coefficient (Wildman–Crippen LogP) is 2.60. The third kappa shape index (κ3) is 2.99. The first kappa shape index (κ1) is 16.1. The first-order valence-corrected chi connectivity index (χ1v) is 8.05. The van der Waals surface area contributed by atoms with Gasteiger partial charge in [-0.2, -0.15) is 0 Å². The largest absolute Gasteiger partial charge is 0.356 e. The van der Waals surface area contributed by atoms with E-state index < -0.39 is 0 Å². The van der Waals surface area contributed by atoms with Crippen molar-refractivity contribution in [3.63, 3.8) is 0 Å². The molecule has 3 aliphatic carbocycles. The zero-order valence-corrected chi connectivity index (χ0v) is 13.6. The Morgan fingerprint density at radius 2 is 2.10 bits per heavy atom. The third-order valence-corrected chi connectivity index (χ3v) is 6.20. The van der Waals surface area contributed by atoms with E-state index in [0.29, 0.717) is 11.3 Å². The number of carbonyl (C=O) groups excluding carboxylic acids is 1. The Balaban J connectivity index is 0.00000147. The van der Waals surface area contributed by atoms with Gasteiger partial charge in [-0.1, -0.05) is 13.8 Å². The van der Waals surface area contributed by atoms with E-state index in [-0.39, 0.29) is 18.3 Å². The Kier molecular flexibility index (Phi) is 5.01. The molecule has 2 bridgehead atoms. The van der Waals surface area contributed by atoms with Gasteiger partial charge in [0, 0.05) is 13.0 Å². The number of hydrogen-bond donors (Lipinski definition) is 2. The van der Waals surface area contributed by atoms with E-state index in [1.807, 2.05) is 0 Å². The van der Waals surface area contributed by atoms with E-state index in [2.05, 4.69) is 24.5 Å². The minimum atomic E-state index is 0. The summed E-state index contributed by atoms with van der Waals surface area (Å²) < 4.78 is 0. The molecule has 20 heavy (non-hydrogen) atoms. The molecule has 4 aliphatic rings. The summed E-state index contributed by atoms with van der Waals surface area (Å²) in [7, 11) is 0. The number of nitrogens with one attached hydrogen (secondary N) is 2. The van der Waals surface area contributed by atoms with Gasteiger partial charge in [0.1, 0.15) is 0 Å². The van der Waals surface area contributed by atoms with Crippen molar-refractivity contribution >= 4 is 18.3 Å². The van der Waals surface area contributed by atoms with Crippen molar-refractivity contribution < 1.29 is 4.79 Å². The number of amides is 1. The molecule has 1 aliphatic heterocycles. The standard InChI is InChI=1S/C16H28N2O.ClH/c1-16(2)13-4-3-12(14(16)8-13)10-18-15(19)7-11-5-6-17-9-11;/h11-14,17H,3-10H2,1-2H3,(H,18,19);1H/t11?,12-,13-,14-;/m0./s1. The summed E-state index contributed by atoms with van der Waals surface area (Å²) in [6.07, 6.45) is 5.98. The van der Waals surface area contributed by atoms with E-state index in [9.17, 15) is 4.79 Å². The van der Waals surface area contributed by atoms with Crippen LogP contribution in [-0.4, -0.2) is 25.5 Å². The predicted molar refractivity (Wildman–Crippen MR) is 84.0 cm³/mol. The molecule has 0 radical (unpaired) electrons. The van der Waals surface area contributed by atoms with Gasteiger partial charge in [-0.25, -0.2) is 0 Å². The summed E-state index contributed by atoms with van der Waals surface area (Å²) in [6.45, 7) is 7.86. The van der Waals surface area contributed by atoms with Crippen molar-refractivity contribution in [2.24, 2.45) is 29.1 Å². The molecule has 1 amide bonds. The molecule has 4 heteroatoms. The molecule has 3 saturated carbocycles. The van der Waals surface area contributed by atoms with Crippen LogP contribution in [0.15, 0.2) is 0 Å². The van der Waals surface area contributed by atoms with Crippen LogP contribution in [0.5, 0.6) is 0 Å². The first-order valence-electron chi connectivity index (χ1n) is 8.05. The third-order valence-electron chi connectivity index (χ3n) is 6.20. The molecule has 2 N–H and O–H groups in total. The Bertz CT molecular complexity index is 350. The summed E-state index contributed by atoms with van der Waals surface area (Å²) in [6, 6.07) is 0. The number of carbonyl (C=O) groups is 1. The van der Waals surface area contributed by atoms with Crippen LogP contribution in [0, 0.1) is 29.1 Å². The van der Waals surface area contributed by atoms with Crippen molar-refractivity contribution in [3.8, 4) is 0 Å². The maximum atomic E-state index is 12.0. The van der Waals surface area contributed by atoms with Gasteiger partial charge in [-0.15, -0.1) is 12.4 Å². The topological polar surface area (TPSA) is 41.1 Å². The van der Waals surface area contributed by atoms with Crippen molar-refractivity contribution in [1.82, 2.24) is 10.6 Å². The van der Waals surface area contributed by atoms with E-state index >= 15 is 0 Å². The molecule has 1 heterocycles. The summed E-state index contributed by atoms with van der Waals surface area (Å²) in [5.41, 5.74) is 0.531. The normalized spacial score (nSPS) is 37.7. The highest BCUT2D eigenvalue weighted by atomic mass is 35.5. The van der Waals surface area contributed by atoms with E-state index in [1.165, 1.54) is 19.3 Å². The van der Waals surface area contributed by atoms with Gasteiger partial charge in [0.25, 0.3) is 0 Å². The molecular weight excluding hydrogens is 272 g/mol. The maximum Gasteiger partial charge on any atom is 0.220 e. The monoisotopic (exact) mass is 300 g/mol. The molecule has 1 unspecified atom stereocenters. The Morgan fingerprint density at radius 1 is 1.30 bits per heavy atom. The molecule has 4 rings (SSSR count). The highest BCUT2D eigenvalue weighted by Crippen LogP contribution is 2.61. The fraction of sp³-hybridized carbons (Fsp3) is 0.938. The van der Waals surface area contributed by atoms with Gasteiger partial charge in [-0.3, -0.25) is 4.79 Å². The second-order valence-corrected chi connectivity index (χ2v) is 7.56. The molecule has 116 valence electrons. The smallest absolute Gasteiger partial charge is 0.220 e. The lowest BCUT2D eigenvalue weighted by Gasteiger charge is -2.60. The summed E-state index contributed by atoms with van der Waals surface area (Å²) in [5.74, 6) is 3.36. The van der Waals surface area contributed by atoms with Crippen LogP contribution < -0.4 is 10.6 Å². The van der Waals surface area contributed by atoms with Gasteiger partial charge < -0.3 is 10.6 Å². The number of fused-ring (bicyclic) bond motifs is 2. The van der Waals surface area contributed by atoms with Gasteiger partial charge in [0.2, 0.25) is 5.91 Å². The van der Waals surface area contributed by atoms with E-state index in [4.69, 9.17) is 0 Å². The van der Waals surface area contributed by atoms with Gasteiger partial charge in [0.15, 0.2) is 0 Å². The van der Waals surface area contributed by atoms with Crippen LogP contribution in [0.2, 0.25) is 0 Å². The average molecular weight is 301 g/mol. The molecule has 1 saturated heterocycles. The van der Waals surface area contributed by atoms with Crippen LogP contribution in [-0.2, 0) is 4.79 Å². The second kappa shape index (κ2) is 6.23. The quantitative estimate of drug-likeness (QED) is 0.838. The van der Waals surface area contributed by atoms with Crippen LogP contribution in [0.1, 0.15) is 46.0 Å². The number of halogens is 1. The fourth-order valence-corrected chi connectivity index (χ4v) is 4.67. The second-order valence-electron chi connectivity index (χ2n) is 7.56. The lowest BCUT2D eigenvalue weighted by atomic mass is 9.45. The van der Waals surface area contributed by atoms with Crippen molar-refractivity contribution in [1.29, 1.82) is 0 Å². The molecule has 4 fully saturated rings. The SMILES string of the molecule is CC1(C)[C@H]2CC[C@@H](CNC(=O)CC3CCNC3)[C@@H]1C2.Cl. The zero-order valence-electron chi connectivity index (χ0n) is 12.8. The van der Waals surface area contributed by atoms with Crippen molar-refractivity contribution in [2.75, 3.05) is 19.6 Å². The fourth-order valence-electron chi connectivity index (χ4n) is 4.67. The lowest BCUT2D eigenvalue weighted by molar-refractivity contribution is -0.125. The van der Waals surface area contributed by atoms with Gasteiger partial charge in [0.05, 0.1) is 0 Å². The van der Waals surface area contributed by atoms with Crippen LogP contribution in [0.4, 0.5) is 0 Å². The number of hydrogen-bond acceptors (Lipinski definition) is 2. The molecular formula is C16H29ClN2O. The van der Waals surface area contributed by atoms with Gasteiger partial charge in [-0.05, 0) is 67.9 Å². The zero-order chi connectivity index (χ0) is 13.5. The highest BCUT2D eigenvalue weighted by molar-refractivity contribution is 5.85. The van der Waals surface area contributed by atoms with Crippen LogP contribution in [0.3, 0.4) is 0 Å². The average Bonchev–Trinajstić information content (AvgIpc) is 2.89. The molecule has 0 aromatic heterocycles. The Hall–Kier alpha value is -0.280. The summed E-state index contributed by atoms with van der Waals surface area (Å²) in [4.78, 5) is 12.0. The molecule has 4 atom stereocenters. The molecule has 0 aromatic rings. The maximum absolute atomic E-state index is 12.0. The van der Waals surface area contributed by atoms with E-state index in [0.717, 1.165) is 50.2 Å². The molecule has 0 aromatic carbocycles. The van der Waals surface area contributed by atoms with Crippen LogP contribution in [0.25, 0.3) is 0 Å². The first-order chi connectivity index (χ1) is 9.07. The summed E-state index contributed by atoms with van der Waals surface area (Å²) in [5, 5.41) is 6.53.